The highest BCUT2D eigenvalue weighted by atomic mass is 16.5. The lowest BCUT2D eigenvalue weighted by Gasteiger charge is -2.37. The molecule has 0 radical (unpaired) electrons. The number of carbonyl (C=O) groups excluding carboxylic acids is 1. The summed E-state index contributed by atoms with van der Waals surface area (Å²) < 4.78 is 5.00. The van der Waals surface area contributed by atoms with Crippen molar-refractivity contribution in [3.05, 3.63) is 35.9 Å². The number of piperidine rings is 1. The highest BCUT2D eigenvalue weighted by Gasteiger charge is 2.27. The number of amides is 1. The minimum Gasteiger partial charge on any atom is -0.450 e. The standard InChI is InChI=1S/C17H26N2O2/c1-3-19-12-15(10-14-8-6-5-7-9-14)11-16(13-19)18-17(20)21-4-2/h5-9,15-16H,3-4,10-13H2,1-2H3,(H,18,20). The van der Waals surface area contributed by atoms with Gasteiger partial charge in [-0.05, 0) is 37.8 Å². The van der Waals surface area contributed by atoms with Crippen molar-refractivity contribution in [2.24, 2.45) is 5.92 Å². The molecule has 1 amide bonds. The van der Waals surface area contributed by atoms with Gasteiger partial charge in [0.25, 0.3) is 0 Å². The maximum absolute atomic E-state index is 11.6. The number of rotatable bonds is 5. The molecule has 1 saturated heterocycles. The van der Waals surface area contributed by atoms with Crippen molar-refractivity contribution in [3.63, 3.8) is 0 Å². The second kappa shape index (κ2) is 8.03. The number of likely N-dealkylation sites (tertiary alicyclic amines) is 1. The number of carbonyl (C=O) groups is 1. The number of alkyl carbamates (subject to hydrolysis) is 1. The Morgan fingerprint density at radius 2 is 2.05 bits per heavy atom. The van der Waals surface area contributed by atoms with Gasteiger partial charge in [0.1, 0.15) is 0 Å². The molecule has 2 atom stereocenters. The summed E-state index contributed by atoms with van der Waals surface area (Å²) >= 11 is 0. The molecular weight excluding hydrogens is 264 g/mol. The van der Waals surface area contributed by atoms with E-state index in [0.29, 0.717) is 12.5 Å². The minimum absolute atomic E-state index is 0.187. The lowest BCUT2D eigenvalue weighted by Crippen LogP contribution is -2.51. The number of nitrogens with one attached hydrogen (secondary N) is 1. The summed E-state index contributed by atoms with van der Waals surface area (Å²) in [4.78, 5) is 14.0. The van der Waals surface area contributed by atoms with Crippen molar-refractivity contribution in [2.45, 2.75) is 32.7 Å². The molecule has 1 fully saturated rings. The molecule has 1 aromatic carbocycles. The Hall–Kier alpha value is -1.55. The third-order valence-corrected chi connectivity index (χ3v) is 4.02. The molecule has 0 spiro atoms. The number of likely N-dealkylation sites (N-methyl/N-ethyl adjacent to an activating group) is 1. The SMILES string of the molecule is CCOC(=O)NC1CC(Cc2ccccc2)CN(CC)C1. The number of hydrogen-bond donors (Lipinski definition) is 1. The summed E-state index contributed by atoms with van der Waals surface area (Å²) in [5.74, 6) is 0.577. The number of hydrogen-bond acceptors (Lipinski definition) is 3. The van der Waals surface area contributed by atoms with Crippen LogP contribution in [0.2, 0.25) is 0 Å². The molecule has 1 heterocycles. The molecule has 4 nitrogen and oxygen atoms in total. The molecule has 0 bridgehead atoms. The van der Waals surface area contributed by atoms with Gasteiger partial charge in [-0.2, -0.15) is 0 Å². The fraction of sp³-hybridized carbons (Fsp3) is 0.588. The van der Waals surface area contributed by atoms with Gasteiger partial charge in [-0.25, -0.2) is 4.79 Å². The van der Waals surface area contributed by atoms with Gasteiger partial charge in [-0.3, -0.25) is 0 Å². The Labute approximate surface area is 127 Å². The molecule has 0 aromatic heterocycles. The average molecular weight is 290 g/mol. The molecule has 1 aromatic rings. The van der Waals surface area contributed by atoms with Crippen molar-refractivity contribution in [2.75, 3.05) is 26.2 Å². The molecule has 1 N–H and O–H groups in total. The molecule has 0 saturated carbocycles. The lowest BCUT2D eigenvalue weighted by molar-refractivity contribution is 0.119. The zero-order valence-electron chi connectivity index (χ0n) is 13.0. The van der Waals surface area contributed by atoms with Gasteiger partial charge >= 0.3 is 6.09 Å². The van der Waals surface area contributed by atoms with Crippen LogP contribution in [0.25, 0.3) is 0 Å². The van der Waals surface area contributed by atoms with Crippen molar-refractivity contribution in [1.82, 2.24) is 10.2 Å². The minimum atomic E-state index is -0.293. The molecule has 0 aliphatic carbocycles. The second-order valence-corrected chi connectivity index (χ2v) is 5.71. The maximum atomic E-state index is 11.6. The predicted octanol–water partition coefficient (Wildman–Crippen LogP) is 2.69. The highest BCUT2D eigenvalue weighted by molar-refractivity contribution is 5.67. The number of nitrogens with zero attached hydrogens (tertiary/aromatic N) is 1. The van der Waals surface area contributed by atoms with E-state index in [1.54, 1.807) is 0 Å². The Kier molecular flexibility index (Phi) is 6.05. The fourth-order valence-corrected chi connectivity index (χ4v) is 3.10. The molecule has 116 valence electrons. The van der Waals surface area contributed by atoms with Crippen molar-refractivity contribution in [3.8, 4) is 0 Å². The first-order valence-corrected chi connectivity index (χ1v) is 7.90. The molecule has 4 heteroatoms. The van der Waals surface area contributed by atoms with E-state index in [2.05, 4.69) is 41.4 Å². The summed E-state index contributed by atoms with van der Waals surface area (Å²) in [6.07, 6.45) is 1.79. The molecule has 21 heavy (non-hydrogen) atoms. The van der Waals surface area contributed by atoms with Gasteiger partial charge < -0.3 is 15.0 Å². The topological polar surface area (TPSA) is 41.6 Å². The van der Waals surface area contributed by atoms with E-state index in [0.717, 1.165) is 32.5 Å². The Morgan fingerprint density at radius 3 is 2.71 bits per heavy atom. The van der Waals surface area contributed by atoms with Crippen LogP contribution in [0.5, 0.6) is 0 Å². The number of benzene rings is 1. The van der Waals surface area contributed by atoms with E-state index >= 15 is 0 Å². The molecular formula is C17H26N2O2. The van der Waals surface area contributed by atoms with E-state index in [1.165, 1.54) is 5.56 Å². The van der Waals surface area contributed by atoms with Crippen LogP contribution >= 0.6 is 0 Å². The van der Waals surface area contributed by atoms with E-state index in [4.69, 9.17) is 4.74 Å². The Balaban J connectivity index is 1.93. The van der Waals surface area contributed by atoms with E-state index in [1.807, 2.05) is 13.0 Å². The summed E-state index contributed by atoms with van der Waals surface area (Å²) in [7, 11) is 0. The second-order valence-electron chi connectivity index (χ2n) is 5.71. The van der Waals surface area contributed by atoms with Crippen molar-refractivity contribution >= 4 is 6.09 Å². The highest BCUT2D eigenvalue weighted by Crippen LogP contribution is 2.21. The van der Waals surface area contributed by atoms with E-state index in [9.17, 15) is 4.79 Å². The summed E-state index contributed by atoms with van der Waals surface area (Å²) in [6.45, 7) is 7.46. The van der Waals surface area contributed by atoms with Crippen LogP contribution in [0.15, 0.2) is 30.3 Å². The van der Waals surface area contributed by atoms with Gasteiger partial charge in [0.15, 0.2) is 0 Å². The van der Waals surface area contributed by atoms with Crippen molar-refractivity contribution < 1.29 is 9.53 Å². The zero-order valence-corrected chi connectivity index (χ0v) is 13.0. The molecule has 1 aliphatic heterocycles. The van der Waals surface area contributed by atoms with Crippen LogP contribution < -0.4 is 5.32 Å². The number of ether oxygens (including phenoxy) is 1. The third-order valence-electron chi connectivity index (χ3n) is 4.02. The predicted molar refractivity (Wildman–Crippen MR) is 84.3 cm³/mol. The largest absolute Gasteiger partial charge is 0.450 e. The van der Waals surface area contributed by atoms with Crippen molar-refractivity contribution in [1.29, 1.82) is 0 Å². The van der Waals surface area contributed by atoms with Gasteiger partial charge in [-0.15, -0.1) is 0 Å². The van der Waals surface area contributed by atoms with Crippen LogP contribution in [-0.2, 0) is 11.2 Å². The third kappa shape index (κ3) is 5.05. The summed E-state index contributed by atoms with van der Waals surface area (Å²) in [6, 6.07) is 10.8. The smallest absolute Gasteiger partial charge is 0.407 e. The quantitative estimate of drug-likeness (QED) is 0.906. The van der Waals surface area contributed by atoms with Crippen LogP contribution in [0.4, 0.5) is 4.79 Å². The first-order chi connectivity index (χ1) is 10.2. The monoisotopic (exact) mass is 290 g/mol. The zero-order chi connectivity index (χ0) is 15.1. The van der Waals surface area contributed by atoms with Gasteiger partial charge in [-0.1, -0.05) is 37.3 Å². The van der Waals surface area contributed by atoms with Gasteiger partial charge in [0, 0.05) is 19.1 Å². The van der Waals surface area contributed by atoms with E-state index < -0.39 is 0 Å². The Morgan fingerprint density at radius 1 is 1.29 bits per heavy atom. The van der Waals surface area contributed by atoms with Gasteiger partial charge in [0.2, 0.25) is 0 Å². The van der Waals surface area contributed by atoms with Crippen LogP contribution in [-0.4, -0.2) is 43.3 Å². The Bertz CT molecular complexity index is 436. The van der Waals surface area contributed by atoms with E-state index in [-0.39, 0.29) is 12.1 Å². The van der Waals surface area contributed by atoms with Crippen LogP contribution in [0, 0.1) is 5.92 Å². The first-order valence-electron chi connectivity index (χ1n) is 7.90. The van der Waals surface area contributed by atoms with Gasteiger partial charge in [0.05, 0.1) is 6.61 Å². The summed E-state index contributed by atoms with van der Waals surface area (Å²) in [5.41, 5.74) is 1.37. The lowest BCUT2D eigenvalue weighted by atomic mass is 9.89. The maximum Gasteiger partial charge on any atom is 0.407 e. The summed E-state index contributed by atoms with van der Waals surface area (Å²) in [5, 5.41) is 3.00. The first kappa shape index (κ1) is 15.8. The average Bonchev–Trinajstić information content (AvgIpc) is 2.48. The van der Waals surface area contributed by atoms with Crippen LogP contribution in [0.1, 0.15) is 25.8 Å². The normalized spacial score (nSPS) is 22.8. The fourth-order valence-electron chi connectivity index (χ4n) is 3.10. The molecule has 2 rings (SSSR count). The van der Waals surface area contributed by atoms with Crippen LogP contribution in [0.3, 0.4) is 0 Å². The molecule has 2 unspecified atom stereocenters. The molecule has 1 aliphatic rings.